The van der Waals surface area contributed by atoms with Crippen molar-refractivity contribution in [2.75, 3.05) is 6.61 Å². The molecule has 0 spiro atoms. The van der Waals surface area contributed by atoms with Crippen LogP contribution in [0, 0.1) is 5.41 Å². The van der Waals surface area contributed by atoms with Gasteiger partial charge in [-0.25, -0.2) is 0 Å². The highest BCUT2D eigenvalue weighted by atomic mass is 31.1. The van der Waals surface area contributed by atoms with Crippen LogP contribution in [0.25, 0.3) is 0 Å². The van der Waals surface area contributed by atoms with Crippen molar-refractivity contribution in [2.45, 2.75) is 27.2 Å². The molecule has 0 saturated heterocycles. The normalized spacial score (nSPS) is 14.3. The van der Waals surface area contributed by atoms with Crippen LogP contribution in [0.2, 0.25) is 0 Å². The summed E-state index contributed by atoms with van der Waals surface area (Å²) >= 11 is 0. The van der Waals surface area contributed by atoms with Crippen molar-refractivity contribution in [1.29, 1.82) is 0 Å². The number of carbonyl (C=O) groups is 1. The SMILES string of the molecule is CC(C)(C)CC(=O)CO[PH](=O)O. The third-order valence-electron chi connectivity index (χ3n) is 1.08. The molecule has 0 saturated carbocycles. The predicted octanol–water partition coefficient (Wildman–Crippen LogP) is 1.39. The number of hydrogen-bond donors (Lipinski definition) is 1. The number of hydrogen-bond acceptors (Lipinski definition) is 3. The second-order valence-corrected chi connectivity index (χ2v) is 4.65. The van der Waals surface area contributed by atoms with Gasteiger partial charge in [-0.2, -0.15) is 0 Å². The Balaban J connectivity index is 3.68. The molecule has 1 atom stereocenters. The Hall–Kier alpha value is -0.180. The fourth-order valence-corrected chi connectivity index (χ4v) is 1.07. The monoisotopic (exact) mass is 194 g/mol. The number of carbonyl (C=O) groups excluding carboxylic acids is 1. The maximum atomic E-state index is 11.0. The smallest absolute Gasteiger partial charge is 0.317 e. The van der Waals surface area contributed by atoms with E-state index in [0.29, 0.717) is 6.42 Å². The van der Waals surface area contributed by atoms with Gasteiger partial charge in [0, 0.05) is 6.42 Å². The molecule has 0 aromatic heterocycles. The highest BCUT2D eigenvalue weighted by Gasteiger charge is 2.16. The van der Waals surface area contributed by atoms with Crippen LogP contribution in [0.3, 0.4) is 0 Å². The standard InChI is InChI=1S/C7H15O4P/c1-7(2,3)4-6(8)5-11-12(9)10/h12H,4-5H2,1-3H3,(H,9,10). The van der Waals surface area contributed by atoms with Crippen LogP contribution in [0.15, 0.2) is 0 Å². The second-order valence-electron chi connectivity index (χ2n) is 3.83. The summed E-state index contributed by atoms with van der Waals surface area (Å²) in [5, 5.41) is 0. The third-order valence-corrected chi connectivity index (χ3v) is 1.48. The molecule has 4 nitrogen and oxygen atoms in total. The van der Waals surface area contributed by atoms with Crippen LogP contribution in [-0.4, -0.2) is 17.3 Å². The molecule has 72 valence electrons. The van der Waals surface area contributed by atoms with Crippen LogP contribution < -0.4 is 0 Å². The second kappa shape index (κ2) is 4.75. The summed E-state index contributed by atoms with van der Waals surface area (Å²) in [5.74, 6) is -0.144. The number of ketones is 1. The highest BCUT2D eigenvalue weighted by molar-refractivity contribution is 7.32. The predicted molar refractivity (Wildman–Crippen MR) is 46.3 cm³/mol. The topological polar surface area (TPSA) is 63.6 Å². The minimum Gasteiger partial charge on any atom is -0.326 e. The molecule has 0 aliphatic carbocycles. The lowest BCUT2D eigenvalue weighted by Crippen LogP contribution is -2.16. The molecule has 0 amide bonds. The fourth-order valence-electron chi connectivity index (χ4n) is 0.785. The lowest BCUT2D eigenvalue weighted by Gasteiger charge is -2.16. The Kier molecular flexibility index (Phi) is 4.68. The molecule has 0 radical (unpaired) electrons. The highest BCUT2D eigenvalue weighted by Crippen LogP contribution is 2.20. The molecule has 0 rings (SSSR count). The molecule has 0 bridgehead atoms. The first-order chi connectivity index (χ1) is 5.31. The Labute approximate surface area is 72.9 Å². The minimum atomic E-state index is -2.96. The van der Waals surface area contributed by atoms with Gasteiger partial charge in [-0.1, -0.05) is 20.8 Å². The van der Waals surface area contributed by atoms with E-state index in [2.05, 4.69) is 4.52 Å². The van der Waals surface area contributed by atoms with Gasteiger partial charge in [0.05, 0.1) is 0 Å². The van der Waals surface area contributed by atoms with E-state index in [1.807, 2.05) is 20.8 Å². The molecule has 1 N–H and O–H groups in total. The Morgan fingerprint density at radius 3 is 2.33 bits per heavy atom. The zero-order valence-corrected chi connectivity index (χ0v) is 8.59. The first kappa shape index (κ1) is 11.8. The van der Waals surface area contributed by atoms with Crippen LogP contribution in [0.1, 0.15) is 27.2 Å². The lowest BCUT2D eigenvalue weighted by atomic mass is 9.90. The minimum absolute atomic E-state index is 0.0916. The van der Waals surface area contributed by atoms with E-state index in [1.54, 1.807) is 0 Å². The molecule has 0 aliphatic rings. The Morgan fingerprint density at radius 1 is 1.50 bits per heavy atom. The van der Waals surface area contributed by atoms with E-state index < -0.39 is 8.25 Å². The van der Waals surface area contributed by atoms with Crippen molar-refractivity contribution in [1.82, 2.24) is 0 Å². The van der Waals surface area contributed by atoms with Crippen molar-refractivity contribution in [3.63, 3.8) is 0 Å². The maximum Gasteiger partial charge on any atom is 0.317 e. The Bertz CT molecular complexity index is 182. The van der Waals surface area contributed by atoms with Crippen molar-refractivity contribution in [2.24, 2.45) is 5.41 Å². The van der Waals surface area contributed by atoms with E-state index in [0.717, 1.165) is 0 Å². The summed E-state index contributed by atoms with van der Waals surface area (Å²) in [6, 6.07) is 0. The summed E-state index contributed by atoms with van der Waals surface area (Å²) in [6.07, 6.45) is 0.363. The summed E-state index contributed by atoms with van der Waals surface area (Å²) in [7, 11) is -2.96. The van der Waals surface area contributed by atoms with Crippen molar-refractivity contribution in [3.05, 3.63) is 0 Å². The van der Waals surface area contributed by atoms with Crippen LogP contribution >= 0.6 is 8.25 Å². The summed E-state index contributed by atoms with van der Waals surface area (Å²) in [6.45, 7) is 5.51. The van der Waals surface area contributed by atoms with Crippen molar-refractivity contribution >= 4 is 14.0 Å². The third kappa shape index (κ3) is 7.92. The molecule has 0 aromatic rings. The van der Waals surface area contributed by atoms with Gasteiger partial charge in [0.2, 0.25) is 0 Å². The van der Waals surface area contributed by atoms with Gasteiger partial charge in [0.1, 0.15) is 6.61 Å². The molecular formula is C7H15O4P. The van der Waals surface area contributed by atoms with Crippen LogP contribution in [-0.2, 0) is 13.9 Å². The van der Waals surface area contributed by atoms with E-state index in [-0.39, 0.29) is 17.8 Å². The average Bonchev–Trinajstić information content (AvgIpc) is 1.79. The quantitative estimate of drug-likeness (QED) is 0.687. The van der Waals surface area contributed by atoms with Gasteiger partial charge >= 0.3 is 8.25 Å². The number of rotatable bonds is 4. The van der Waals surface area contributed by atoms with E-state index in [4.69, 9.17) is 4.89 Å². The molecule has 0 aliphatic heterocycles. The molecule has 12 heavy (non-hydrogen) atoms. The van der Waals surface area contributed by atoms with Gasteiger partial charge in [0.15, 0.2) is 5.78 Å². The summed E-state index contributed by atoms with van der Waals surface area (Å²) < 4.78 is 14.4. The van der Waals surface area contributed by atoms with E-state index in [1.165, 1.54) is 0 Å². The molecule has 0 fully saturated rings. The molecule has 0 heterocycles. The molecule has 0 aromatic carbocycles. The zero-order chi connectivity index (χ0) is 9.78. The molecular weight excluding hydrogens is 179 g/mol. The van der Waals surface area contributed by atoms with Crippen LogP contribution in [0.5, 0.6) is 0 Å². The first-order valence-electron chi connectivity index (χ1n) is 3.69. The largest absolute Gasteiger partial charge is 0.326 e. The zero-order valence-electron chi connectivity index (χ0n) is 7.59. The van der Waals surface area contributed by atoms with Gasteiger partial charge in [0.25, 0.3) is 0 Å². The van der Waals surface area contributed by atoms with Gasteiger partial charge in [-0.05, 0) is 5.41 Å². The van der Waals surface area contributed by atoms with Gasteiger partial charge in [-0.3, -0.25) is 9.36 Å². The van der Waals surface area contributed by atoms with Crippen LogP contribution in [0.4, 0.5) is 0 Å². The van der Waals surface area contributed by atoms with Crippen molar-refractivity contribution < 1.29 is 18.8 Å². The van der Waals surface area contributed by atoms with Gasteiger partial charge in [-0.15, -0.1) is 0 Å². The lowest BCUT2D eigenvalue weighted by molar-refractivity contribution is -0.122. The Morgan fingerprint density at radius 2 is 2.00 bits per heavy atom. The fraction of sp³-hybridized carbons (Fsp3) is 0.857. The average molecular weight is 194 g/mol. The van der Waals surface area contributed by atoms with E-state index in [9.17, 15) is 9.36 Å². The van der Waals surface area contributed by atoms with Gasteiger partial charge < -0.3 is 9.42 Å². The maximum absolute atomic E-state index is 11.0. The summed E-state index contributed by atoms with van der Waals surface area (Å²) in [5.41, 5.74) is -0.0916. The molecule has 5 heteroatoms. The van der Waals surface area contributed by atoms with Crippen molar-refractivity contribution in [3.8, 4) is 0 Å². The van der Waals surface area contributed by atoms with E-state index >= 15 is 0 Å². The summed E-state index contributed by atoms with van der Waals surface area (Å²) in [4.78, 5) is 19.3. The molecule has 1 unspecified atom stereocenters. The number of Topliss-reactive ketones (excluding diaryl/α,β-unsaturated/α-hetero) is 1. The first-order valence-corrected chi connectivity index (χ1v) is 4.95.